The van der Waals surface area contributed by atoms with Crippen LogP contribution in [0.15, 0.2) is 43.1 Å². The predicted molar refractivity (Wildman–Crippen MR) is 55.2 cm³/mol. The second-order valence-electron chi connectivity index (χ2n) is 3.26. The highest BCUT2D eigenvalue weighted by Gasteiger charge is 2.11. The number of hydrogen-bond donors (Lipinski definition) is 0. The fraction of sp³-hybridized carbons (Fsp3) is 0. The minimum Gasteiger partial charge on any atom is -0.711 e. The van der Waals surface area contributed by atoms with Crippen molar-refractivity contribution >= 4 is 0 Å². The van der Waals surface area contributed by atoms with E-state index in [2.05, 4.69) is 20.6 Å². The van der Waals surface area contributed by atoms with E-state index in [1.54, 1.807) is 35.4 Å². The van der Waals surface area contributed by atoms with Crippen LogP contribution in [0.1, 0.15) is 0 Å². The van der Waals surface area contributed by atoms with Crippen LogP contribution >= 0.6 is 0 Å². The van der Waals surface area contributed by atoms with Crippen LogP contribution in [0, 0.1) is 5.21 Å². The Hall–Kier alpha value is -2.77. The third kappa shape index (κ3) is 1.61. The van der Waals surface area contributed by atoms with Crippen molar-refractivity contribution in [1.82, 2.24) is 30.0 Å². The zero-order chi connectivity index (χ0) is 11.7. The van der Waals surface area contributed by atoms with Gasteiger partial charge in [-0.1, -0.05) is 9.90 Å². The van der Waals surface area contributed by atoms with Crippen molar-refractivity contribution in [1.29, 1.82) is 0 Å². The number of pyridine rings is 1. The van der Waals surface area contributed by atoms with Crippen molar-refractivity contribution in [3.63, 3.8) is 0 Å². The zero-order valence-electron chi connectivity index (χ0n) is 8.58. The van der Waals surface area contributed by atoms with Crippen molar-refractivity contribution < 1.29 is 4.73 Å². The number of rotatable bonds is 2. The Labute approximate surface area is 95.3 Å². The standard InChI is InChI=1S/C9H7N7O/c17-16-4-1-8(14-5-2-10-12-14)7-9(16)15-6-3-11-13-15/h1-7H. The summed E-state index contributed by atoms with van der Waals surface area (Å²) in [6, 6.07) is 3.29. The molecule has 3 aromatic rings. The molecular formula is C9H7N7O. The summed E-state index contributed by atoms with van der Waals surface area (Å²) in [6.45, 7) is 0. The first-order valence-corrected chi connectivity index (χ1v) is 4.81. The van der Waals surface area contributed by atoms with E-state index in [0.717, 1.165) is 5.69 Å². The van der Waals surface area contributed by atoms with Crippen molar-refractivity contribution in [2.24, 2.45) is 0 Å². The van der Waals surface area contributed by atoms with Crippen LogP contribution in [0.3, 0.4) is 0 Å². The highest BCUT2D eigenvalue weighted by Crippen LogP contribution is 2.07. The number of aromatic nitrogens is 7. The van der Waals surface area contributed by atoms with Gasteiger partial charge in [0, 0.05) is 11.3 Å². The SMILES string of the molecule is [O-][n+]1ccc(-n2ccnn2)cc1-n1ccnn1. The van der Waals surface area contributed by atoms with Gasteiger partial charge in [0.25, 0.3) is 0 Å². The van der Waals surface area contributed by atoms with E-state index in [4.69, 9.17) is 0 Å². The van der Waals surface area contributed by atoms with Gasteiger partial charge in [0.1, 0.15) is 6.20 Å². The third-order valence-corrected chi connectivity index (χ3v) is 2.23. The van der Waals surface area contributed by atoms with Crippen LogP contribution in [0.5, 0.6) is 0 Å². The molecule has 8 heteroatoms. The van der Waals surface area contributed by atoms with Crippen LogP contribution in [0.25, 0.3) is 11.5 Å². The Morgan fingerprint density at radius 3 is 2.41 bits per heavy atom. The summed E-state index contributed by atoms with van der Waals surface area (Å²) in [5.74, 6) is 0.343. The quantitative estimate of drug-likeness (QED) is 0.436. The lowest BCUT2D eigenvalue weighted by Gasteiger charge is -2.07. The molecule has 0 amide bonds. The first-order chi connectivity index (χ1) is 8.34. The summed E-state index contributed by atoms with van der Waals surface area (Å²) in [7, 11) is 0. The predicted octanol–water partition coefficient (Wildman–Crippen LogP) is -0.519. The average Bonchev–Trinajstić information content (AvgIpc) is 3.03. The molecule has 3 heterocycles. The maximum Gasteiger partial charge on any atom is 0.313 e. The van der Waals surface area contributed by atoms with Crippen LogP contribution in [0.2, 0.25) is 0 Å². The van der Waals surface area contributed by atoms with Gasteiger partial charge >= 0.3 is 5.82 Å². The Morgan fingerprint density at radius 2 is 1.76 bits per heavy atom. The fourth-order valence-corrected chi connectivity index (χ4v) is 1.45. The monoisotopic (exact) mass is 229 g/mol. The maximum atomic E-state index is 11.6. The Kier molecular flexibility index (Phi) is 2.04. The number of hydrogen-bond acceptors (Lipinski definition) is 5. The van der Waals surface area contributed by atoms with Gasteiger partial charge in [-0.2, -0.15) is 0 Å². The summed E-state index contributed by atoms with van der Waals surface area (Å²) in [4.78, 5) is 0. The molecule has 8 nitrogen and oxygen atoms in total. The summed E-state index contributed by atoms with van der Waals surface area (Å²) in [6.07, 6.45) is 7.73. The smallest absolute Gasteiger partial charge is 0.313 e. The van der Waals surface area contributed by atoms with E-state index in [1.807, 2.05) is 0 Å². The minimum absolute atomic E-state index is 0.343. The van der Waals surface area contributed by atoms with Gasteiger partial charge in [-0.15, -0.1) is 10.2 Å². The Balaban J connectivity index is 2.13. The van der Waals surface area contributed by atoms with Crippen molar-refractivity contribution in [3.05, 3.63) is 48.3 Å². The third-order valence-electron chi connectivity index (χ3n) is 2.23. The van der Waals surface area contributed by atoms with Gasteiger partial charge in [-0.3, -0.25) is 0 Å². The summed E-state index contributed by atoms with van der Waals surface area (Å²) in [5, 5.41) is 26.6. The fourth-order valence-electron chi connectivity index (χ4n) is 1.45. The van der Waals surface area contributed by atoms with E-state index < -0.39 is 0 Å². The van der Waals surface area contributed by atoms with Gasteiger partial charge in [0.05, 0.1) is 36.5 Å². The lowest BCUT2D eigenvalue weighted by molar-refractivity contribution is -0.600. The molecule has 0 fully saturated rings. The Bertz CT molecular complexity index is 617. The first-order valence-electron chi connectivity index (χ1n) is 4.81. The number of nitrogens with zero attached hydrogens (tertiary/aromatic N) is 7. The van der Waals surface area contributed by atoms with Crippen LogP contribution in [-0.2, 0) is 0 Å². The van der Waals surface area contributed by atoms with Gasteiger partial charge in [-0.05, 0) is 0 Å². The van der Waals surface area contributed by atoms with Crippen LogP contribution in [0.4, 0.5) is 0 Å². The molecule has 0 aliphatic rings. The normalized spacial score (nSPS) is 10.6. The van der Waals surface area contributed by atoms with E-state index >= 15 is 0 Å². The van der Waals surface area contributed by atoms with Gasteiger partial charge in [0.2, 0.25) is 0 Å². The molecule has 0 atom stereocenters. The van der Waals surface area contributed by atoms with Crippen molar-refractivity contribution in [2.75, 3.05) is 0 Å². The molecule has 3 rings (SSSR count). The zero-order valence-corrected chi connectivity index (χ0v) is 8.58. The molecule has 3 aromatic heterocycles. The highest BCUT2D eigenvalue weighted by atomic mass is 16.5. The van der Waals surface area contributed by atoms with E-state index in [-0.39, 0.29) is 0 Å². The topological polar surface area (TPSA) is 88.4 Å². The van der Waals surface area contributed by atoms with E-state index in [0.29, 0.717) is 10.5 Å². The van der Waals surface area contributed by atoms with Gasteiger partial charge in [0.15, 0.2) is 0 Å². The van der Waals surface area contributed by atoms with Gasteiger partial charge < -0.3 is 5.21 Å². The molecule has 0 unspecified atom stereocenters. The molecule has 0 aromatic carbocycles. The highest BCUT2D eigenvalue weighted by molar-refractivity contribution is 5.33. The molecule has 0 saturated heterocycles. The van der Waals surface area contributed by atoms with Gasteiger partial charge in [-0.25, -0.2) is 9.41 Å². The molecule has 0 aliphatic heterocycles. The van der Waals surface area contributed by atoms with Crippen LogP contribution in [-0.4, -0.2) is 30.0 Å². The summed E-state index contributed by atoms with van der Waals surface area (Å²) >= 11 is 0. The molecular weight excluding hydrogens is 222 g/mol. The molecule has 0 spiro atoms. The molecule has 0 radical (unpaired) electrons. The minimum atomic E-state index is 0.343. The summed E-state index contributed by atoms with van der Waals surface area (Å²) < 4.78 is 3.64. The molecule has 0 N–H and O–H groups in total. The van der Waals surface area contributed by atoms with E-state index in [9.17, 15) is 5.21 Å². The van der Waals surface area contributed by atoms with Crippen LogP contribution < -0.4 is 4.73 Å². The average molecular weight is 229 g/mol. The largest absolute Gasteiger partial charge is 0.711 e. The Morgan fingerprint density at radius 1 is 1.06 bits per heavy atom. The maximum absolute atomic E-state index is 11.6. The lowest BCUT2D eigenvalue weighted by atomic mass is 10.4. The van der Waals surface area contributed by atoms with Crippen molar-refractivity contribution in [3.8, 4) is 11.5 Å². The second kappa shape index (κ2) is 3.67. The molecule has 0 bridgehead atoms. The molecule has 0 aliphatic carbocycles. The first kappa shape index (κ1) is 9.46. The van der Waals surface area contributed by atoms with E-state index in [1.165, 1.54) is 17.1 Å². The molecule has 0 saturated carbocycles. The second-order valence-corrected chi connectivity index (χ2v) is 3.26. The summed E-state index contributed by atoms with van der Waals surface area (Å²) in [5.41, 5.74) is 0.722. The molecule has 84 valence electrons. The molecule has 17 heavy (non-hydrogen) atoms. The lowest BCUT2D eigenvalue weighted by Crippen LogP contribution is -2.32. The van der Waals surface area contributed by atoms with Crippen molar-refractivity contribution in [2.45, 2.75) is 0 Å².